The van der Waals surface area contributed by atoms with Crippen LogP contribution in [0.1, 0.15) is 77.3 Å². The van der Waals surface area contributed by atoms with E-state index >= 15 is 0 Å². The van der Waals surface area contributed by atoms with Crippen LogP contribution in [0.2, 0.25) is 0 Å². The number of carbonyl (C=O) groups excluding carboxylic acids is 3. The molecule has 6 aromatic rings. The Morgan fingerprint density at radius 1 is 0.518 bits per heavy atom. The third-order valence-electron chi connectivity index (χ3n) is 16.0. The summed E-state index contributed by atoms with van der Waals surface area (Å²) in [5.41, 5.74) is 6.88. The van der Waals surface area contributed by atoms with E-state index in [-0.39, 0.29) is 74.3 Å². The number of nitrogens with one attached hydrogen (secondary N) is 2. The van der Waals surface area contributed by atoms with E-state index in [4.69, 9.17) is 23.7 Å². The molecule has 4 heterocycles. The number of urea groups is 2. The number of esters is 1. The number of benzene rings is 6. The lowest BCUT2D eigenvalue weighted by molar-refractivity contribution is -0.142. The minimum absolute atomic E-state index is 0.00657. The second-order valence-electron chi connectivity index (χ2n) is 21.3. The molecule has 4 aliphatic rings. The molecule has 0 aliphatic carbocycles. The van der Waals surface area contributed by atoms with Crippen LogP contribution in [0.25, 0.3) is 0 Å². The summed E-state index contributed by atoms with van der Waals surface area (Å²) in [4.78, 5) is 60.8. The molecule has 4 saturated heterocycles. The number of amides is 4. The molecule has 4 amide bonds. The highest BCUT2D eigenvalue weighted by atomic mass is 16.6. The fourth-order valence-corrected chi connectivity index (χ4v) is 11.8. The zero-order chi connectivity index (χ0) is 57.5. The van der Waals surface area contributed by atoms with Gasteiger partial charge in [-0.1, -0.05) is 72.2 Å². The Morgan fingerprint density at radius 2 is 0.976 bits per heavy atom. The van der Waals surface area contributed by atoms with Crippen LogP contribution in [0.4, 0.5) is 21.0 Å². The van der Waals surface area contributed by atoms with Gasteiger partial charge in [0.1, 0.15) is 23.9 Å². The Kier molecular flexibility index (Phi) is 19.3. The summed E-state index contributed by atoms with van der Waals surface area (Å²) in [6.07, 6.45) is 3.44. The first-order chi connectivity index (χ1) is 40.6. The van der Waals surface area contributed by atoms with E-state index in [1.54, 1.807) is 32.4 Å². The Balaban J connectivity index is 0.771. The molecule has 10 rings (SSSR count). The average molecular weight is 1120 g/mol. The van der Waals surface area contributed by atoms with Gasteiger partial charge in [-0.2, -0.15) is 0 Å². The maximum atomic E-state index is 13.8. The van der Waals surface area contributed by atoms with Gasteiger partial charge in [-0.3, -0.25) is 14.6 Å². The van der Waals surface area contributed by atoms with Gasteiger partial charge in [-0.15, -0.1) is 0 Å². The molecule has 0 aromatic heterocycles. The number of carboxylic acid groups (broad SMARTS) is 1. The number of hydrogen-bond acceptors (Lipinski definition) is 11. The summed E-state index contributed by atoms with van der Waals surface area (Å²) < 4.78 is 28.6. The molecule has 6 unspecified atom stereocenters. The molecule has 0 bridgehead atoms. The van der Waals surface area contributed by atoms with E-state index in [1.807, 2.05) is 119 Å². The molecular weight excluding hydrogens is 1050 g/mol. The van der Waals surface area contributed by atoms with Crippen LogP contribution in [-0.4, -0.2) is 153 Å². The summed E-state index contributed by atoms with van der Waals surface area (Å²) in [7, 11) is 3.22. The number of methoxy groups -OCH3 is 2. The topological polar surface area (TPSA) is 172 Å². The van der Waals surface area contributed by atoms with E-state index in [2.05, 4.69) is 68.4 Å². The smallest absolute Gasteiger partial charge is 0.337 e. The van der Waals surface area contributed by atoms with Crippen molar-refractivity contribution in [3.05, 3.63) is 185 Å². The largest absolute Gasteiger partial charge is 0.497 e. The fraction of sp³-hybridized carbons (Fsp3) is 0.343. The number of nitrogens with zero attached hydrogens (tertiary/aromatic N) is 4. The van der Waals surface area contributed by atoms with Crippen molar-refractivity contribution in [2.24, 2.45) is 0 Å². The number of hydrogen-bond donors (Lipinski definition) is 3. The predicted octanol–water partition coefficient (Wildman–Crippen LogP) is 9.55. The van der Waals surface area contributed by atoms with Crippen molar-refractivity contribution in [2.75, 3.05) is 90.5 Å². The SMILES string of the molecule is COc1ccc(NC(=O)N2CCCCN3C(COCCC(=O)O)C(c4ccc(C#Cc5cccc(OC(=O)COCC6C(c7ccc(C#Cc8ccccc8)cc7)C7CN(C(=O)Nc8ccc(OC)cc8)CCCCN67)c5)cc4)C3C2)cc1. The Morgan fingerprint density at radius 3 is 1.47 bits per heavy atom. The lowest BCUT2D eigenvalue weighted by Gasteiger charge is -2.57. The highest BCUT2D eigenvalue weighted by Gasteiger charge is 2.51. The molecule has 0 radical (unpaired) electrons. The second-order valence-corrected chi connectivity index (χ2v) is 21.3. The molecule has 16 nitrogen and oxygen atoms in total. The maximum absolute atomic E-state index is 13.8. The molecule has 0 spiro atoms. The van der Waals surface area contributed by atoms with E-state index in [0.717, 1.165) is 66.6 Å². The van der Waals surface area contributed by atoms with Crippen LogP contribution in [0.15, 0.2) is 152 Å². The van der Waals surface area contributed by atoms with Crippen molar-refractivity contribution in [1.82, 2.24) is 19.6 Å². The highest BCUT2D eigenvalue weighted by molar-refractivity contribution is 5.90. The summed E-state index contributed by atoms with van der Waals surface area (Å²) in [6, 6.07) is 47.8. The molecule has 83 heavy (non-hydrogen) atoms. The highest BCUT2D eigenvalue weighted by Crippen LogP contribution is 2.44. The van der Waals surface area contributed by atoms with Crippen molar-refractivity contribution in [1.29, 1.82) is 0 Å². The number of ether oxygens (including phenoxy) is 5. The van der Waals surface area contributed by atoms with Crippen LogP contribution in [0.3, 0.4) is 0 Å². The zero-order valence-corrected chi connectivity index (χ0v) is 46.9. The number of fused-ring (bicyclic) bond motifs is 2. The van der Waals surface area contributed by atoms with Crippen LogP contribution in [0.5, 0.6) is 17.2 Å². The Hall–Kier alpha value is -8.64. The maximum Gasteiger partial charge on any atom is 0.337 e. The molecule has 6 aromatic carbocycles. The molecule has 4 aliphatic heterocycles. The van der Waals surface area contributed by atoms with E-state index in [0.29, 0.717) is 67.0 Å². The predicted molar refractivity (Wildman–Crippen MR) is 317 cm³/mol. The average Bonchev–Trinajstić information content (AvgIpc) is 2.08. The minimum atomic E-state index is -0.904. The molecule has 16 heteroatoms. The van der Waals surface area contributed by atoms with Gasteiger partial charge < -0.3 is 49.2 Å². The van der Waals surface area contributed by atoms with Gasteiger partial charge in [0.25, 0.3) is 0 Å². The normalized spacial score (nSPS) is 20.4. The van der Waals surface area contributed by atoms with Gasteiger partial charge >= 0.3 is 24.0 Å². The van der Waals surface area contributed by atoms with Gasteiger partial charge in [-0.05, 0) is 153 Å². The molecule has 3 N–H and O–H groups in total. The first-order valence-electron chi connectivity index (χ1n) is 28.5. The first kappa shape index (κ1) is 57.6. The van der Waals surface area contributed by atoms with Crippen LogP contribution >= 0.6 is 0 Å². The standard InChI is InChI=1S/C67H70N6O10/c1-79-55-31-27-53(28-32-55)68-66(77)70-36-6-8-38-72-58(42-70)64(60(72)44-81-40-35-62(74)75)51-25-21-49(22-26-51)17-18-50-13-10-14-57(41-50)83-63(76)46-82-45-61-65(52-23-19-48(20-24-52)16-15-47-11-4-3-5-12-47)59-43-71(37-7-9-39-73(59)61)67(78)69-54-29-33-56(80-2)34-30-54/h3-5,10-14,19-34,41,58-61,64-65H,6-9,35-40,42-46H2,1-2H3,(H,68,77)(H,69,78)(H,74,75). The van der Waals surface area contributed by atoms with Crippen molar-refractivity contribution in [3.8, 4) is 40.9 Å². The molecule has 4 fully saturated rings. The van der Waals surface area contributed by atoms with Gasteiger partial charge in [0.2, 0.25) is 0 Å². The van der Waals surface area contributed by atoms with E-state index in [1.165, 1.54) is 0 Å². The molecule has 0 saturated carbocycles. The minimum Gasteiger partial charge on any atom is -0.497 e. The third kappa shape index (κ3) is 14.9. The Bertz CT molecular complexity index is 3300. The number of carbonyl (C=O) groups is 4. The first-order valence-corrected chi connectivity index (χ1v) is 28.5. The number of anilines is 2. The summed E-state index contributed by atoms with van der Waals surface area (Å²) in [5, 5.41) is 15.4. The van der Waals surface area contributed by atoms with Crippen molar-refractivity contribution >= 4 is 35.4 Å². The van der Waals surface area contributed by atoms with Gasteiger partial charge in [0, 0.05) is 95.8 Å². The Labute approximate surface area is 485 Å². The molecular formula is C67H70N6O10. The number of carboxylic acids is 1. The van der Waals surface area contributed by atoms with Crippen molar-refractivity contribution in [2.45, 2.75) is 68.1 Å². The van der Waals surface area contributed by atoms with Crippen LogP contribution < -0.4 is 24.8 Å². The van der Waals surface area contributed by atoms with Crippen LogP contribution in [0, 0.1) is 23.7 Å². The number of aliphatic carboxylic acids is 1. The lowest BCUT2D eigenvalue weighted by atomic mass is 9.74. The van der Waals surface area contributed by atoms with Gasteiger partial charge in [0.15, 0.2) is 0 Å². The van der Waals surface area contributed by atoms with Crippen LogP contribution in [-0.2, 0) is 19.1 Å². The lowest BCUT2D eigenvalue weighted by Crippen LogP contribution is -2.68. The zero-order valence-electron chi connectivity index (χ0n) is 46.9. The third-order valence-corrected chi connectivity index (χ3v) is 16.0. The van der Waals surface area contributed by atoms with Gasteiger partial charge in [0.05, 0.1) is 40.5 Å². The molecule has 6 atom stereocenters. The van der Waals surface area contributed by atoms with Gasteiger partial charge in [-0.25, -0.2) is 14.4 Å². The quantitative estimate of drug-likeness (QED) is 0.0364. The summed E-state index contributed by atoms with van der Waals surface area (Å²) in [6.45, 7) is 4.53. The summed E-state index contributed by atoms with van der Waals surface area (Å²) >= 11 is 0. The fourth-order valence-electron chi connectivity index (χ4n) is 11.8. The van der Waals surface area contributed by atoms with E-state index < -0.39 is 11.9 Å². The van der Waals surface area contributed by atoms with Crippen molar-refractivity contribution in [3.63, 3.8) is 0 Å². The van der Waals surface area contributed by atoms with Crippen molar-refractivity contribution < 1.29 is 48.0 Å². The molecule has 428 valence electrons. The monoisotopic (exact) mass is 1120 g/mol. The number of rotatable bonds is 16. The second kappa shape index (κ2) is 27.9. The summed E-state index contributed by atoms with van der Waals surface area (Å²) in [5.74, 6) is 13.4. The van der Waals surface area contributed by atoms with E-state index in [9.17, 15) is 24.3 Å².